The monoisotopic (exact) mass is 305 g/mol. The van der Waals surface area contributed by atoms with Crippen LogP contribution in [-0.4, -0.2) is 16.3 Å². The fraction of sp³-hybridized carbons (Fsp3) is 0.471. The fourth-order valence-corrected chi connectivity index (χ4v) is 2.91. The van der Waals surface area contributed by atoms with E-state index in [1.165, 1.54) is 5.69 Å². The molecule has 3 nitrogen and oxygen atoms in total. The molecule has 1 aromatic heterocycles. The molecule has 0 aliphatic heterocycles. The summed E-state index contributed by atoms with van der Waals surface area (Å²) in [5, 5.41) is 8.68. The van der Waals surface area contributed by atoms with E-state index in [-0.39, 0.29) is 6.04 Å². The van der Waals surface area contributed by atoms with Gasteiger partial charge in [-0.15, -0.1) is 0 Å². The Kier molecular flexibility index (Phi) is 5.43. The van der Waals surface area contributed by atoms with Crippen molar-refractivity contribution in [3.63, 3.8) is 0 Å². The standard InChI is InChI=1S/C17H24ClN3/c1-5-9-19-12(3)15-8-7-14(10-17(15)18)16-11-20-21(6-2)13(16)4/h7-8,10-12,19H,5-6,9H2,1-4H3. The molecule has 0 saturated heterocycles. The molecule has 0 aliphatic rings. The summed E-state index contributed by atoms with van der Waals surface area (Å²) in [6.07, 6.45) is 3.04. The van der Waals surface area contributed by atoms with Crippen LogP contribution < -0.4 is 5.32 Å². The van der Waals surface area contributed by atoms with E-state index in [1.54, 1.807) is 0 Å². The summed E-state index contributed by atoms with van der Waals surface area (Å²) < 4.78 is 2.00. The molecule has 0 aliphatic carbocycles. The van der Waals surface area contributed by atoms with Gasteiger partial charge in [-0.3, -0.25) is 4.68 Å². The van der Waals surface area contributed by atoms with E-state index in [1.807, 2.05) is 16.9 Å². The Morgan fingerprint density at radius 2 is 2.10 bits per heavy atom. The van der Waals surface area contributed by atoms with Crippen molar-refractivity contribution in [2.24, 2.45) is 0 Å². The SMILES string of the molecule is CCCNC(C)c1ccc(-c2cnn(CC)c2C)cc1Cl. The van der Waals surface area contributed by atoms with Crippen LogP contribution >= 0.6 is 11.6 Å². The minimum Gasteiger partial charge on any atom is -0.310 e. The predicted octanol–water partition coefficient (Wildman–Crippen LogP) is 4.59. The molecule has 0 amide bonds. The lowest BCUT2D eigenvalue weighted by Crippen LogP contribution is -2.19. The molecule has 4 heteroatoms. The molecule has 0 saturated carbocycles. The highest BCUT2D eigenvalue weighted by Crippen LogP contribution is 2.30. The van der Waals surface area contributed by atoms with Gasteiger partial charge in [-0.05, 0) is 50.9 Å². The molecule has 1 atom stereocenters. The zero-order valence-corrected chi connectivity index (χ0v) is 14.0. The number of hydrogen-bond donors (Lipinski definition) is 1. The van der Waals surface area contributed by atoms with Crippen LogP contribution in [0.2, 0.25) is 5.02 Å². The van der Waals surface area contributed by atoms with Crippen LogP contribution in [0.4, 0.5) is 0 Å². The minimum absolute atomic E-state index is 0.269. The zero-order chi connectivity index (χ0) is 15.4. The van der Waals surface area contributed by atoms with Crippen LogP contribution in [-0.2, 0) is 6.54 Å². The molecule has 0 spiro atoms. The van der Waals surface area contributed by atoms with Crippen molar-refractivity contribution in [3.8, 4) is 11.1 Å². The number of nitrogens with zero attached hydrogens (tertiary/aromatic N) is 2. The van der Waals surface area contributed by atoms with Gasteiger partial charge in [-0.25, -0.2) is 0 Å². The highest BCUT2D eigenvalue weighted by atomic mass is 35.5. The Bertz CT molecular complexity index is 604. The first-order valence-electron chi connectivity index (χ1n) is 7.64. The van der Waals surface area contributed by atoms with Crippen molar-refractivity contribution in [3.05, 3.63) is 40.7 Å². The summed E-state index contributed by atoms with van der Waals surface area (Å²) in [5.74, 6) is 0. The van der Waals surface area contributed by atoms with Crippen molar-refractivity contribution < 1.29 is 0 Å². The largest absolute Gasteiger partial charge is 0.310 e. The van der Waals surface area contributed by atoms with Gasteiger partial charge in [0.05, 0.1) is 6.20 Å². The number of aryl methyl sites for hydroxylation is 1. The molecule has 1 aromatic carbocycles. The second-order valence-corrected chi connectivity index (χ2v) is 5.78. The Balaban J connectivity index is 2.28. The first kappa shape index (κ1) is 16.1. The molecular formula is C17H24ClN3. The normalized spacial score (nSPS) is 12.6. The molecule has 2 rings (SSSR count). The Morgan fingerprint density at radius 1 is 1.33 bits per heavy atom. The van der Waals surface area contributed by atoms with Crippen LogP contribution in [0.25, 0.3) is 11.1 Å². The van der Waals surface area contributed by atoms with E-state index < -0.39 is 0 Å². The van der Waals surface area contributed by atoms with E-state index in [2.05, 4.69) is 50.2 Å². The molecule has 0 fully saturated rings. The number of halogens is 1. The first-order chi connectivity index (χ1) is 10.1. The summed E-state index contributed by atoms with van der Waals surface area (Å²) in [7, 11) is 0. The molecule has 21 heavy (non-hydrogen) atoms. The van der Waals surface area contributed by atoms with Crippen molar-refractivity contribution in [2.75, 3.05) is 6.54 Å². The summed E-state index contributed by atoms with van der Waals surface area (Å²) in [6, 6.07) is 6.57. The van der Waals surface area contributed by atoms with Crippen molar-refractivity contribution in [1.29, 1.82) is 0 Å². The molecule has 1 N–H and O–H groups in total. The van der Waals surface area contributed by atoms with Crippen LogP contribution in [0, 0.1) is 6.92 Å². The third kappa shape index (κ3) is 3.47. The third-order valence-corrected chi connectivity index (χ3v) is 4.21. The van der Waals surface area contributed by atoms with Gasteiger partial charge in [0.25, 0.3) is 0 Å². The molecule has 0 bridgehead atoms. The molecule has 114 valence electrons. The second kappa shape index (κ2) is 7.10. The van der Waals surface area contributed by atoms with Crippen LogP contribution in [0.3, 0.4) is 0 Å². The van der Waals surface area contributed by atoms with Gasteiger partial charge in [0.15, 0.2) is 0 Å². The number of aromatic nitrogens is 2. The lowest BCUT2D eigenvalue weighted by molar-refractivity contribution is 0.571. The van der Waals surface area contributed by atoms with Crippen LogP contribution in [0.5, 0.6) is 0 Å². The number of nitrogens with one attached hydrogen (secondary N) is 1. The van der Waals surface area contributed by atoms with Gasteiger partial charge in [0.1, 0.15) is 0 Å². The Labute approximate surface area is 132 Å². The zero-order valence-electron chi connectivity index (χ0n) is 13.3. The second-order valence-electron chi connectivity index (χ2n) is 5.37. The maximum atomic E-state index is 6.48. The van der Waals surface area contributed by atoms with E-state index in [9.17, 15) is 0 Å². The fourth-order valence-electron chi connectivity index (χ4n) is 2.57. The average molecular weight is 306 g/mol. The third-order valence-electron chi connectivity index (χ3n) is 3.88. The smallest absolute Gasteiger partial charge is 0.0571 e. The molecule has 1 heterocycles. The van der Waals surface area contributed by atoms with Gasteiger partial charge < -0.3 is 5.32 Å². The quantitative estimate of drug-likeness (QED) is 0.845. The highest BCUT2D eigenvalue weighted by Gasteiger charge is 2.12. The number of rotatable bonds is 6. The van der Waals surface area contributed by atoms with Crippen molar-refractivity contribution >= 4 is 11.6 Å². The first-order valence-corrected chi connectivity index (χ1v) is 8.01. The van der Waals surface area contributed by atoms with Crippen molar-refractivity contribution in [1.82, 2.24) is 15.1 Å². The lowest BCUT2D eigenvalue weighted by Gasteiger charge is -2.16. The van der Waals surface area contributed by atoms with E-state index in [0.717, 1.165) is 41.2 Å². The number of benzene rings is 1. The highest BCUT2D eigenvalue weighted by molar-refractivity contribution is 6.31. The van der Waals surface area contributed by atoms with Gasteiger partial charge in [0, 0.05) is 28.9 Å². The summed E-state index contributed by atoms with van der Waals surface area (Å²) in [5.41, 5.74) is 4.61. The minimum atomic E-state index is 0.269. The Morgan fingerprint density at radius 3 is 2.67 bits per heavy atom. The van der Waals surface area contributed by atoms with Gasteiger partial charge in [-0.2, -0.15) is 5.10 Å². The lowest BCUT2D eigenvalue weighted by atomic mass is 10.0. The van der Waals surface area contributed by atoms with E-state index >= 15 is 0 Å². The molecule has 2 aromatic rings. The summed E-state index contributed by atoms with van der Waals surface area (Å²) in [6.45, 7) is 10.4. The van der Waals surface area contributed by atoms with Crippen LogP contribution in [0.1, 0.15) is 44.5 Å². The molecular weight excluding hydrogens is 282 g/mol. The van der Waals surface area contributed by atoms with Gasteiger partial charge in [0.2, 0.25) is 0 Å². The molecule has 1 unspecified atom stereocenters. The average Bonchev–Trinajstić information content (AvgIpc) is 2.85. The van der Waals surface area contributed by atoms with E-state index in [4.69, 9.17) is 11.6 Å². The van der Waals surface area contributed by atoms with Gasteiger partial charge >= 0.3 is 0 Å². The predicted molar refractivity (Wildman–Crippen MR) is 89.8 cm³/mol. The van der Waals surface area contributed by atoms with Crippen molar-refractivity contribution in [2.45, 2.75) is 46.7 Å². The van der Waals surface area contributed by atoms with Gasteiger partial charge in [-0.1, -0.05) is 30.7 Å². The topological polar surface area (TPSA) is 29.9 Å². The summed E-state index contributed by atoms with van der Waals surface area (Å²) >= 11 is 6.48. The maximum absolute atomic E-state index is 6.48. The van der Waals surface area contributed by atoms with Crippen LogP contribution in [0.15, 0.2) is 24.4 Å². The summed E-state index contributed by atoms with van der Waals surface area (Å²) in [4.78, 5) is 0. The molecule has 0 radical (unpaired) electrons. The Hall–Kier alpha value is -1.32. The number of hydrogen-bond acceptors (Lipinski definition) is 2. The van der Waals surface area contributed by atoms with E-state index in [0.29, 0.717) is 0 Å². The maximum Gasteiger partial charge on any atom is 0.0571 e.